The molecule has 0 radical (unpaired) electrons. The lowest BCUT2D eigenvalue weighted by molar-refractivity contribution is -0.945. The molecule has 1 heterocycles. The van der Waals surface area contributed by atoms with Gasteiger partial charge in [-0.25, -0.2) is 0 Å². The first-order valence-corrected chi connectivity index (χ1v) is 9.55. The molecule has 0 saturated heterocycles. The molecule has 0 spiro atoms. The van der Waals surface area contributed by atoms with E-state index in [9.17, 15) is 4.79 Å². The van der Waals surface area contributed by atoms with Gasteiger partial charge in [-0.1, -0.05) is 30.3 Å². The Balaban J connectivity index is 1.89. The van der Waals surface area contributed by atoms with Gasteiger partial charge in [0.05, 0.1) is 27.3 Å². The molecule has 2 aromatic carbocycles. The molecule has 28 heavy (non-hydrogen) atoms. The molecule has 2 aromatic rings. The number of carbonyl (C=O) groups excluding carboxylic acids is 1. The van der Waals surface area contributed by atoms with E-state index in [1.807, 2.05) is 6.07 Å². The first-order valence-electron chi connectivity index (χ1n) is 9.55. The lowest BCUT2D eigenvalue weighted by atomic mass is 9.91. The van der Waals surface area contributed by atoms with Crippen LogP contribution in [0, 0.1) is 0 Å². The number of rotatable bonds is 8. The molecule has 6 heteroatoms. The average Bonchev–Trinajstić information content (AvgIpc) is 2.72. The number of carbonyl (C=O) groups is 1. The number of ether oxygens (including phenoxy) is 3. The maximum atomic E-state index is 12.0. The van der Waals surface area contributed by atoms with Gasteiger partial charge in [0, 0.05) is 24.7 Å². The minimum absolute atomic E-state index is 0.0690. The third kappa shape index (κ3) is 4.64. The van der Waals surface area contributed by atoms with Crippen molar-refractivity contribution in [2.45, 2.75) is 19.0 Å². The molecule has 0 aliphatic carbocycles. The van der Waals surface area contributed by atoms with Gasteiger partial charge in [-0.05, 0) is 17.7 Å². The summed E-state index contributed by atoms with van der Waals surface area (Å²) < 4.78 is 15.9. The van der Waals surface area contributed by atoms with E-state index in [1.165, 1.54) is 28.7 Å². The largest absolute Gasteiger partial charge is 0.493 e. The molecule has 0 saturated carbocycles. The van der Waals surface area contributed by atoms with Crippen LogP contribution < -0.4 is 19.7 Å². The van der Waals surface area contributed by atoms with Gasteiger partial charge < -0.3 is 24.4 Å². The predicted molar refractivity (Wildman–Crippen MR) is 107 cm³/mol. The molecule has 6 nitrogen and oxygen atoms in total. The van der Waals surface area contributed by atoms with Crippen LogP contribution in [0.2, 0.25) is 0 Å². The van der Waals surface area contributed by atoms with Crippen molar-refractivity contribution in [3.05, 3.63) is 59.2 Å². The molecule has 2 N–H and O–H groups in total. The zero-order valence-electron chi connectivity index (χ0n) is 16.8. The fourth-order valence-electron chi connectivity index (χ4n) is 3.89. The van der Waals surface area contributed by atoms with Gasteiger partial charge in [-0.15, -0.1) is 0 Å². The summed E-state index contributed by atoms with van der Waals surface area (Å²) in [6.07, 6.45) is 0.959. The minimum Gasteiger partial charge on any atom is -0.493 e. The first kappa shape index (κ1) is 20.2. The quantitative estimate of drug-likeness (QED) is 0.716. The van der Waals surface area contributed by atoms with E-state index in [4.69, 9.17) is 14.2 Å². The summed E-state index contributed by atoms with van der Waals surface area (Å²) in [5.41, 5.74) is 3.74. The fraction of sp³-hybridized carbons (Fsp3) is 0.409. The van der Waals surface area contributed by atoms with Crippen molar-refractivity contribution >= 4 is 5.91 Å². The molecular weight excluding hydrogens is 356 g/mol. The summed E-state index contributed by atoms with van der Waals surface area (Å²) in [6, 6.07) is 14.7. The van der Waals surface area contributed by atoms with Crippen LogP contribution in [0.4, 0.5) is 0 Å². The maximum Gasteiger partial charge on any atom is 0.246 e. The highest BCUT2D eigenvalue weighted by molar-refractivity contribution is 5.77. The van der Waals surface area contributed by atoms with Crippen LogP contribution in [0.5, 0.6) is 11.5 Å². The molecule has 3 rings (SSSR count). The van der Waals surface area contributed by atoms with Crippen LogP contribution in [0.1, 0.15) is 22.7 Å². The number of fused-ring (bicyclic) bond motifs is 1. The van der Waals surface area contributed by atoms with Gasteiger partial charge in [0.15, 0.2) is 11.5 Å². The topological polar surface area (TPSA) is 61.2 Å². The van der Waals surface area contributed by atoms with Crippen LogP contribution in [0.25, 0.3) is 0 Å². The maximum absolute atomic E-state index is 12.0. The van der Waals surface area contributed by atoms with E-state index >= 15 is 0 Å². The van der Waals surface area contributed by atoms with Crippen LogP contribution in [0.3, 0.4) is 0 Å². The summed E-state index contributed by atoms with van der Waals surface area (Å²) in [7, 11) is 4.83. The van der Waals surface area contributed by atoms with E-state index in [0.29, 0.717) is 6.54 Å². The summed E-state index contributed by atoms with van der Waals surface area (Å²) in [5, 5.41) is 3.02. The van der Waals surface area contributed by atoms with E-state index in [0.717, 1.165) is 31.0 Å². The Morgan fingerprint density at radius 3 is 2.50 bits per heavy atom. The van der Waals surface area contributed by atoms with Gasteiger partial charge in [0.1, 0.15) is 19.2 Å². The average molecular weight is 385 g/mol. The molecule has 0 fully saturated rings. The molecule has 0 aromatic heterocycles. The van der Waals surface area contributed by atoms with Crippen LogP contribution >= 0.6 is 0 Å². The highest BCUT2D eigenvalue weighted by Gasteiger charge is 2.32. The molecule has 2 atom stereocenters. The van der Waals surface area contributed by atoms with E-state index in [-0.39, 0.29) is 18.6 Å². The number of nitrogens with one attached hydrogen (secondary N) is 2. The minimum atomic E-state index is -0.103. The zero-order chi connectivity index (χ0) is 19.9. The highest BCUT2D eigenvalue weighted by atomic mass is 16.5. The monoisotopic (exact) mass is 385 g/mol. The Morgan fingerprint density at radius 1 is 1.11 bits per heavy atom. The summed E-state index contributed by atoms with van der Waals surface area (Å²) >= 11 is 0. The number of quaternary nitrogens is 1. The number of amides is 1. The van der Waals surface area contributed by atoms with Crippen molar-refractivity contribution in [2.75, 3.05) is 41.0 Å². The van der Waals surface area contributed by atoms with Crippen LogP contribution in [-0.4, -0.2) is 46.9 Å². The molecule has 1 aliphatic rings. The van der Waals surface area contributed by atoms with Gasteiger partial charge in [-0.2, -0.15) is 0 Å². The van der Waals surface area contributed by atoms with Crippen LogP contribution in [0.15, 0.2) is 42.5 Å². The molecule has 1 aliphatic heterocycles. The van der Waals surface area contributed by atoms with Crippen molar-refractivity contribution in [3.63, 3.8) is 0 Å². The third-order valence-electron chi connectivity index (χ3n) is 5.28. The molecule has 150 valence electrons. The second-order valence-electron chi connectivity index (χ2n) is 7.02. The standard InChI is InChI=1S/C22H28N2O4/c1-26-15-22(25)23-13-19-18-12-21(28-3)20(27-2)11-17(18)9-10-24(19)14-16-7-5-4-6-8-16/h4-8,11-12,19H,9-10,13-15H2,1-3H3,(H,23,25)/p+1/t19-/m0/s1. The number of hydrogen-bond acceptors (Lipinski definition) is 4. The second-order valence-corrected chi connectivity index (χ2v) is 7.02. The van der Waals surface area contributed by atoms with Crippen LogP contribution in [-0.2, 0) is 22.5 Å². The highest BCUT2D eigenvalue weighted by Crippen LogP contribution is 2.34. The normalized spacial score (nSPS) is 18.2. The van der Waals surface area contributed by atoms with E-state index in [2.05, 4.69) is 41.7 Å². The number of methoxy groups -OCH3 is 3. The second kappa shape index (κ2) is 9.57. The lowest BCUT2D eigenvalue weighted by Crippen LogP contribution is -3.12. The Morgan fingerprint density at radius 2 is 1.82 bits per heavy atom. The number of hydrogen-bond donors (Lipinski definition) is 2. The van der Waals surface area contributed by atoms with Gasteiger partial charge >= 0.3 is 0 Å². The Hall–Kier alpha value is -2.57. The molecule has 1 amide bonds. The van der Waals surface area contributed by atoms with Crippen molar-refractivity contribution in [1.29, 1.82) is 0 Å². The van der Waals surface area contributed by atoms with E-state index in [1.54, 1.807) is 14.2 Å². The van der Waals surface area contributed by atoms with Crippen molar-refractivity contribution in [1.82, 2.24) is 5.32 Å². The summed E-state index contributed by atoms with van der Waals surface area (Å²) in [6.45, 7) is 2.51. The Kier molecular flexibility index (Phi) is 6.90. The number of benzene rings is 2. The summed E-state index contributed by atoms with van der Waals surface area (Å²) in [4.78, 5) is 13.4. The third-order valence-corrected chi connectivity index (χ3v) is 5.28. The molecular formula is C22H29N2O4+. The fourth-order valence-corrected chi connectivity index (χ4v) is 3.89. The van der Waals surface area contributed by atoms with E-state index < -0.39 is 0 Å². The Bertz CT molecular complexity index is 795. The van der Waals surface area contributed by atoms with Gasteiger partial charge in [0.25, 0.3) is 0 Å². The molecule has 1 unspecified atom stereocenters. The van der Waals surface area contributed by atoms with Gasteiger partial charge in [0.2, 0.25) is 5.91 Å². The van der Waals surface area contributed by atoms with Gasteiger partial charge in [-0.3, -0.25) is 4.79 Å². The smallest absolute Gasteiger partial charge is 0.246 e. The Labute approximate surface area is 166 Å². The van der Waals surface area contributed by atoms with Crippen molar-refractivity contribution in [3.8, 4) is 11.5 Å². The van der Waals surface area contributed by atoms with Crippen molar-refractivity contribution < 1.29 is 23.9 Å². The predicted octanol–water partition coefficient (Wildman–Crippen LogP) is 1.15. The molecule has 0 bridgehead atoms. The zero-order valence-corrected chi connectivity index (χ0v) is 16.8. The van der Waals surface area contributed by atoms with Crippen molar-refractivity contribution in [2.24, 2.45) is 0 Å². The first-order chi connectivity index (χ1) is 13.7. The SMILES string of the molecule is COCC(=O)NC[C@H]1c2cc(OC)c(OC)cc2CC[NH+]1Cc1ccccc1. The lowest BCUT2D eigenvalue weighted by Gasteiger charge is -2.35. The summed E-state index contributed by atoms with van der Waals surface area (Å²) in [5.74, 6) is 1.36.